The molecule has 0 saturated carbocycles. The van der Waals surface area contributed by atoms with Crippen LogP contribution in [0.2, 0.25) is 0 Å². The highest BCUT2D eigenvalue weighted by Gasteiger charge is 2.17. The fraction of sp³-hybridized carbons (Fsp3) is 0.348. The molecule has 0 bridgehead atoms. The van der Waals surface area contributed by atoms with Gasteiger partial charge in [0, 0.05) is 29.3 Å². The van der Waals surface area contributed by atoms with Crippen molar-refractivity contribution < 1.29 is 19.2 Å². The van der Waals surface area contributed by atoms with Gasteiger partial charge in [-0.1, -0.05) is 30.3 Å². The van der Waals surface area contributed by atoms with E-state index in [1.54, 1.807) is 13.3 Å². The summed E-state index contributed by atoms with van der Waals surface area (Å²) in [6, 6.07) is 16.0. The van der Waals surface area contributed by atoms with Crippen LogP contribution < -0.4 is 4.74 Å². The molecule has 0 fully saturated rings. The second-order valence-corrected chi connectivity index (χ2v) is 11.5. The highest BCUT2D eigenvalue weighted by Crippen LogP contribution is 2.36. The molecule has 29 heavy (non-hydrogen) atoms. The van der Waals surface area contributed by atoms with Crippen LogP contribution >= 0.6 is 7.14 Å². The van der Waals surface area contributed by atoms with Gasteiger partial charge in [0.25, 0.3) is 0 Å². The predicted molar refractivity (Wildman–Crippen MR) is 118 cm³/mol. The molecule has 1 heterocycles. The van der Waals surface area contributed by atoms with Crippen LogP contribution in [0.1, 0.15) is 23.2 Å². The van der Waals surface area contributed by atoms with Crippen molar-refractivity contribution in [2.75, 3.05) is 26.1 Å². The van der Waals surface area contributed by atoms with Gasteiger partial charge in [-0.05, 0) is 56.0 Å². The normalized spacial score (nSPS) is 11.7. The van der Waals surface area contributed by atoms with Gasteiger partial charge >= 0.3 is 5.97 Å². The third-order valence-corrected chi connectivity index (χ3v) is 6.44. The molecule has 0 aliphatic carbocycles. The van der Waals surface area contributed by atoms with E-state index >= 15 is 0 Å². The molecule has 3 aromatic rings. The molecule has 5 nitrogen and oxygen atoms in total. The summed E-state index contributed by atoms with van der Waals surface area (Å²) in [5, 5.41) is 10.3. The van der Waals surface area contributed by atoms with Gasteiger partial charge in [-0.25, -0.2) is 0 Å². The Morgan fingerprint density at radius 3 is 2.52 bits per heavy atom. The molecule has 0 spiro atoms. The first-order valence-corrected chi connectivity index (χ1v) is 12.6. The van der Waals surface area contributed by atoms with E-state index < -0.39 is 13.1 Å². The average Bonchev–Trinajstić information content (AvgIpc) is 2.90. The molecule has 2 aromatic carbocycles. The maximum absolute atomic E-state index is 11.8. The fourth-order valence-corrected chi connectivity index (χ4v) is 4.49. The standard InChI is InChI=1S/C23H28NO4P/c1-17-20(15-23(25)26)21-14-19(28-12-7-13-29(2,3)27)10-11-22(21)24(17)16-18-8-5-4-6-9-18/h4-6,8-11,14H,7,12-13,15-16H2,1-3H3,(H,25,26). The van der Waals surface area contributed by atoms with Gasteiger partial charge in [0.15, 0.2) is 0 Å². The van der Waals surface area contributed by atoms with E-state index in [1.807, 2.05) is 43.3 Å². The summed E-state index contributed by atoms with van der Waals surface area (Å²) in [7, 11) is -2.04. The maximum Gasteiger partial charge on any atom is 0.307 e. The Kier molecular flexibility index (Phi) is 6.49. The minimum Gasteiger partial charge on any atom is -0.494 e. The van der Waals surface area contributed by atoms with Crippen molar-refractivity contribution in [3.63, 3.8) is 0 Å². The molecule has 0 amide bonds. The molecule has 1 N–H and O–H groups in total. The van der Waals surface area contributed by atoms with Crippen molar-refractivity contribution in [1.29, 1.82) is 0 Å². The lowest BCUT2D eigenvalue weighted by molar-refractivity contribution is -0.136. The molecule has 6 heteroatoms. The summed E-state index contributed by atoms with van der Waals surface area (Å²) < 4.78 is 19.8. The summed E-state index contributed by atoms with van der Waals surface area (Å²) >= 11 is 0. The lowest BCUT2D eigenvalue weighted by Crippen LogP contribution is -2.05. The molecule has 0 aliphatic heterocycles. The third-order valence-electron chi connectivity index (χ3n) is 5.05. The number of carboxylic acids is 1. The zero-order chi connectivity index (χ0) is 21.0. The first kappa shape index (κ1) is 21.2. The van der Waals surface area contributed by atoms with E-state index in [2.05, 4.69) is 16.7 Å². The molecule has 0 aliphatic rings. The molecular formula is C23H28NO4P. The summed E-state index contributed by atoms with van der Waals surface area (Å²) in [6.45, 7) is 6.73. The van der Waals surface area contributed by atoms with E-state index in [0.29, 0.717) is 25.1 Å². The smallest absolute Gasteiger partial charge is 0.307 e. The quantitative estimate of drug-likeness (QED) is 0.395. The van der Waals surface area contributed by atoms with Crippen molar-refractivity contribution in [2.24, 2.45) is 0 Å². The molecule has 0 saturated heterocycles. The summed E-state index contributed by atoms with van der Waals surface area (Å²) in [4.78, 5) is 11.5. The molecule has 0 unspecified atom stereocenters. The van der Waals surface area contributed by atoms with Crippen LogP contribution in [0.5, 0.6) is 5.75 Å². The number of hydrogen-bond acceptors (Lipinski definition) is 3. The first-order valence-electron chi connectivity index (χ1n) is 9.79. The minimum atomic E-state index is -2.04. The van der Waals surface area contributed by atoms with Gasteiger partial charge < -0.3 is 19.0 Å². The van der Waals surface area contributed by atoms with Gasteiger partial charge in [0.1, 0.15) is 5.75 Å². The van der Waals surface area contributed by atoms with Gasteiger partial charge in [0.05, 0.1) is 20.2 Å². The number of carboxylic acid groups (broad SMARTS) is 1. The zero-order valence-corrected chi connectivity index (χ0v) is 18.1. The fourth-order valence-electron chi connectivity index (χ4n) is 3.60. The highest BCUT2D eigenvalue weighted by molar-refractivity contribution is 7.62. The van der Waals surface area contributed by atoms with E-state index in [4.69, 9.17) is 4.74 Å². The second-order valence-electron chi connectivity index (χ2n) is 7.88. The Balaban J connectivity index is 1.91. The largest absolute Gasteiger partial charge is 0.494 e. The van der Waals surface area contributed by atoms with Crippen LogP contribution in [0, 0.1) is 6.92 Å². The van der Waals surface area contributed by atoms with Crippen molar-refractivity contribution in [1.82, 2.24) is 4.57 Å². The monoisotopic (exact) mass is 413 g/mol. The number of benzene rings is 2. The molecule has 0 radical (unpaired) electrons. The van der Waals surface area contributed by atoms with Crippen molar-refractivity contribution in [2.45, 2.75) is 26.3 Å². The van der Waals surface area contributed by atoms with E-state index in [9.17, 15) is 14.5 Å². The number of fused-ring (bicyclic) bond motifs is 1. The van der Waals surface area contributed by atoms with Crippen molar-refractivity contribution >= 4 is 24.0 Å². The van der Waals surface area contributed by atoms with Crippen LogP contribution in [-0.4, -0.2) is 41.7 Å². The SMILES string of the molecule is Cc1c(CC(=O)O)c2cc(OCCCP(C)(C)=O)ccc2n1Cc1ccccc1. The van der Waals surface area contributed by atoms with Gasteiger partial charge in [-0.2, -0.15) is 0 Å². The average molecular weight is 413 g/mol. The number of aromatic nitrogens is 1. The van der Waals surface area contributed by atoms with E-state index in [0.717, 1.165) is 28.6 Å². The van der Waals surface area contributed by atoms with Gasteiger partial charge in [0.2, 0.25) is 0 Å². The van der Waals surface area contributed by atoms with Crippen LogP contribution in [-0.2, 0) is 22.3 Å². The number of nitrogens with zero attached hydrogens (tertiary/aromatic N) is 1. The molecule has 0 atom stereocenters. The number of carbonyl (C=O) groups is 1. The maximum atomic E-state index is 11.8. The van der Waals surface area contributed by atoms with E-state index in [-0.39, 0.29) is 6.42 Å². The minimum absolute atomic E-state index is 0.0254. The Bertz CT molecular complexity index is 1050. The first-order chi connectivity index (χ1) is 13.7. The van der Waals surface area contributed by atoms with Crippen LogP contribution in [0.15, 0.2) is 48.5 Å². The van der Waals surface area contributed by atoms with Gasteiger partial charge in [-0.3, -0.25) is 4.79 Å². The Morgan fingerprint density at radius 2 is 1.86 bits per heavy atom. The zero-order valence-electron chi connectivity index (χ0n) is 17.2. The second kappa shape index (κ2) is 8.87. The number of hydrogen-bond donors (Lipinski definition) is 1. The Hall–Kier alpha value is -2.52. The van der Waals surface area contributed by atoms with Gasteiger partial charge in [-0.15, -0.1) is 0 Å². The number of rotatable bonds is 9. The van der Waals surface area contributed by atoms with Crippen LogP contribution in [0.4, 0.5) is 0 Å². The summed E-state index contributed by atoms with van der Waals surface area (Å²) in [6.07, 6.45) is 1.37. The van der Waals surface area contributed by atoms with Crippen molar-refractivity contribution in [3.05, 3.63) is 65.4 Å². The molecule has 3 rings (SSSR count). The highest BCUT2D eigenvalue weighted by atomic mass is 31.2. The molecule has 1 aromatic heterocycles. The molecule has 154 valence electrons. The molecular weight excluding hydrogens is 385 g/mol. The van der Waals surface area contributed by atoms with Crippen molar-refractivity contribution in [3.8, 4) is 5.75 Å². The number of ether oxygens (including phenoxy) is 1. The summed E-state index contributed by atoms with van der Waals surface area (Å²) in [5.41, 5.74) is 3.95. The van der Waals surface area contributed by atoms with Crippen LogP contribution in [0.25, 0.3) is 10.9 Å². The lowest BCUT2D eigenvalue weighted by atomic mass is 10.1. The Morgan fingerprint density at radius 1 is 1.14 bits per heavy atom. The number of aliphatic carboxylic acids is 1. The predicted octanol–water partition coefficient (Wildman–Crippen LogP) is 5.02. The summed E-state index contributed by atoms with van der Waals surface area (Å²) in [5.74, 6) is -0.136. The Labute approximate surface area is 171 Å². The topological polar surface area (TPSA) is 68.5 Å². The van der Waals surface area contributed by atoms with E-state index in [1.165, 1.54) is 5.56 Å². The third kappa shape index (κ3) is 5.51. The van der Waals surface area contributed by atoms with Crippen LogP contribution in [0.3, 0.4) is 0 Å². The lowest BCUT2D eigenvalue weighted by Gasteiger charge is -2.10.